The SMILES string of the molecule is CCCC1CCCN(C(=O)c2cccc(N)c2)CC1. The Balaban J connectivity index is 2.00. The third kappa shape index (κ3) is 3.72. The van der Waals surface area contributed by atoms with Gasteiger partial charge in [-0.2, -0.15) is 0 Å². The molecule has 3 nitrogen and oxygen atoms in total. The highest BCUT2D eigenvalue weighted by Gasteiger charge is 2.21. The van der Waals surface area contributed by atoms with E-state index in [1.807, 2.05) is 23.1 Å². The van der Waals surface area contributed by atoms with Crippen LogP contribution in [0.3, 0.4) is 0 Å². The van der Waals surface area contributed by atoms with E-state index in [1.54, 1.807) is 6.07 Å². The number of likely N-dealkylation sites (tertiary alicyclic amines) is 1. The monoisotopic (exact) mass is 260 g/mol. The lowest BCUT2D eigenvalue weighted by Crippen LogP contribution is -2.32. The molecule has 1 atom stereocenters. The largest absolute Gasteiger partial charge is 0.399 e. The Kier molecular flexibility index (Phi) is 4.83. The molecule has 19 heavy (non-hydrogen) atoms. The van der Waals surface area contributed by atoms with Gasteiger partial charge in [0.1, 0.15) is 0 Å². The van der Waals surface area contributed by atoms with Crippen molar-refractivity contribution in [2.75, 3.05) is 18.8 Å². The number of rotatable bonds is 3. The maximum atomic E-state index is 12.4. The van der Waals surface area contributed by atoms with Crippen molar-refractivity contribution < 1.29 is 4.79 Å². The predicted octanol–water partition coefficient (Wildman–Crippen LogP) is 3.31. The zero-order chi connectivity index (χ0) is 13.7. The summed E-state index contributed by atoms with van der Waals surface area (Å²) in [5.41, 5.74) is 7.12. The minimum Gasteiger partial charge on any atom is -0.399 e. The van der Waals surface area contributed by atoms with Crippen LogP contribution in [0, 0.1) is 5.92 Å². The summed E-state index contributed by atoms with van der Waals surface area (Å²) in [6, 6.07) is 7.29. The first-order valence-electron chi connectivity index (χ1n) is 7.35. The third-order valence-corrected chi connectivity index (χ3v) is 3.97. The van der Waals surface area contributed by atoms with Crippen LogP contribution in [0.1, 0.15) is 49.4 Å². The van der Waals surface area contributed by atoms with Crippen LogP contribution in [0.4, 0.5) is 5.69 Å². The van der Waals surface area contributed by atoms with Gasteiger partial charge in [0.15, 0.2) is 0 Å². The lowest BCUT2D eigenvalue weighted by Gasteiger charge is -2.21. The molecule has 2 rings (SSSR count). The summed E-state index contributed by atoms with van der Waals surface area (Å²) >= 11 is 0. The van der Waals surface area contributed by atoms with Crippen molar-refractivity contribution in [3.05, 3.63) is 29.8 Å². The number of benzene rings is 1. The maximum absolute atomic E-state index is 12.4. The van der Waals surface area contributed by atoms with E-state index in [1.165, 1.54) is 19.3 Å². The average Bonchev–Trinajstić information content (AvgIpc) is 2.64. The first-order valence-corrected chi connectivity index (χ1v) is 7.35. The van der Waals surface area contributed by atoms with Crippen molar-refractivity contribution >= 4 is 11.6 Å². The van der Waals surface area contributed by atoms with Gasteiger partial charge in [-0.25, -0.2) is 0 Å². The molecule has 0 bridgehead atoms. The molecule has 1 amide bonds. The summed E-state index contributed by atoms with van der Waals surface area (Å²) in [6.45, 7) is 4.01. The standard InChI is InChI=1S/C16H24N2O/c1-2-5-13-6-4-10-18(11-9-13)16(19)14-7-3-8-15(17)12-14/h3,7-8,12-13H,2,4-6,9-11,17H2,1H3. The van der Waals surface area contributed by atoms with Crippen molar-refractivity contribution in [2.24, 2.45) is 5.92 Å². The topological polar surface area (TPSA) is 46.3 Å². The van der Waals surface area contributed by atoms with Crippen molar-refractivity contribution in [3.8, 4) is 0 Å². The number of anilines is 1. The summed E-state index contributed by atoms with van der Waals surface area (Å²) in [7, 11) is 0. The average molecular weight is 260 g/mol. The van der Waals surface area contributed by atoms with Crippen LogP contribution in [-0.4, -0.2) is 23.9 Å². The quantitative estimate of drug-likeness (QED) is 0.847. The molecule has 1 aromatic rings. The third-order valence-electron chi connectivity index (χ3n) is 3.97. The van der Waals surface area contributed by atoms with E-state index in [2.05, 4.69) is 6.92 Å². The molecule has 3 heteroatoms. The molecule has 1 unspecified atom stereocenters. The summed E-state index contributed by atoms with van der Waals surface area (Å²) in [6.07, 6.45) is 6.06. The van der Waals surface area contributed by atoms with Gasteiger partial charge >= 0.3 is 0 Å². The lowest BCUT2D eigenvalue weighted by atomic mass is 9.96. The number of nitrogens with zero attached hydrogens (tertiary/aromatic N) is 1. The fourth-order valence-corrected chi connectivity index (χ4v) is 2.92. The van der Waals surface area contributed by atoms with Crippen LogP contribution in [0.2, 0.25) is 0 Å². The second-order valence-corrected chi connectivity index (χ2v) is 5.50. The molecule has 1 saturated heterocycles. The first kappa shape index (κ1) is 13.9. The van der Waals surface area contributed by atoms with Gasteiger partial charge in [0.25, 0.3) is 5.91 Å². The van der Waals surface area contributed by atoms with Crippen LogP contribution in [0.25, 0.3) is 0 Å². The fraction of sp³-hybridized carbons (Fsp3) is 0.562. The van der Waals surface area contributed by atoms with Crippen molar-refractivity contribution in [1.82, 2.24) is 4.90 Å². The van der Waals surface area contributed by atoms with Crippen LogP contribution >= 0.6 is 0 Å². The second-order valence-electron chi connectivity index (χ2n) is 5.50. The van der Waals surface area contributed by atoms with Gasteiger partial charge in [0, 0.05) is 24.3 Å². The lowest BCUT2D eigenvalue weighted by molar-refractivity contribution is 0.0760. The van der Waals surface area contributed by atoms with Gasteiger partial charge in [0.2, 0.25) is 0 Å². The fourth-order valence-electron chi connectivity index (χ4n) is 2.92. The van der Waals surface area contributed by atoms with Crippen molar-refractivity contribution in [2.45, 2.75) is 39.0 Å². The summed E-state index contributed by atoms with van der Waals surface area (Å²) < 4.78 is 0. The van der Waals surface area contributed by atoms with E-state index in [0.29, 0.717) is 11.3 Å². The molecule has 104 valence electrons. The highest BCUT2D eigenvalue weighted by atomic mass is 16.2. The van der Waals surface area contributed by atoms with Gasteiger partial charge in [-0.3, -0.25) is 4.79 Å². The number of nitrogen functional groups attached to an aromatic ring is 1. The minimum atomic E-state index is 0.129. The molecule has 0 aromatic heterocycles. The zero-order valence-corrected chi connectivity index (χ0v) is 11.8. The predicted molar refractivity (Wildman–Crippen MR) is 79.0 cm³/mol. The molecule has 1 heterocycles. The van der Waals surface area contributed by atoms with Crippen molar-refractivity contribution in [3.63, 3.8) is 0 Å². The first-order chi connectivity index (χ1) is 9.20. The Hall–Kier alpha value is -1.51. The molecule has 1 fully saturated rings. The molecule has 1 aromatic carbocycles. The van der Waals surface area contributed by atoms with E-state index in [-0.39, 0.29) is 5.91 Å². The maximum Gasteiger partial charge on any atom is 0.253 e. The van der Waals surface area contributed by atoms with Gasteiger partial charge in [-0.05, 0) is 43.4 Å². The molecule has 0 spiro atoms. The second kappa shape index (κ2) is 6.60. The Bertz CT molecular complexity index is 431. The molecule has 0 radical (unpaired) electrons. The minimum absolute atomic E-state index is 0.129. The van der Waals surface area contributed by atoms with E-state index in [0.717, 1.165) is 31.8 Å². The number of nitrogens with two attached hydrogens (primary N) is 1. The number of carbonyl (C=O) groups excluding carboxylic acids is 1. The number of hydrogen-bond acceptors (Lipinski definition) is 2. The van der Waals surface area contributed by atoms with Gasteiger partial charge in [-0.15, -0.1) is 0 Å². The summed E-state index contributed by atoms with van der Waals surface area (Å²) in [4.78, 5) is 14.4. The molecule has 1 aliphatic rings. The van der Waals surface area contributed by atoms with E-state index in [9.17, 15) is 4.79 Å². The Morgan fingerprint density at radius 2 is 2.21 bits per heavy atom. The number of carbonyl (C=O) groups is 1. The number of amides is 1. The van der Waals surface area contributed by atoms with Crippen LogP contribution < -0.4 is 5.73 Å². The highest BCUT2D eigenvalue weighted by Crippen LogP contribution is 2.23. The summed E-state index contributed by atoms with van der Waals surface area (Å²) in [5, 5.41) is 0. The summed E-state index contributed by atoms with van der Waals surface area (Å²) in [5.74, 6) is 0.924. The molecule has 0 aliphatic carbocycles. The highest BCUT2D eigenvalue weighted by molar-refractivity contribution is 5.95. The van der Waals surface area contributed by atoms with Gasteiger partial charge in [-0.1, -0.05) is 25.8 Å². The normalized spacial score (nSPS) is 20.1. The van der Waals surface area contributed by atoms with E-state index >= 15 is 0 Å². The van der Waals surface area contributed by atoms with Crippen LogP contribution in [0.15, 0.2) is 24.3 Å². The van der Waals surface area contributed by atoms with E-state index < -0.39 is 0 Å². The van der Waals surface area contributed by atoms with E-state index in [4.69, 9.17) is 5.73 Å². The number of hydrogen-bond donors (Lipinski definition) is 1. The Labute approximate surface area is 115 Å². The zero-order valence-electron chi connectivity index (χ0n) is 11.8. The molecular weight excluding hydrogens is 236 g/mol. The molecule has 0 saturated carbocycles. The van der Waals surface area contributed by atoms with Crippen molar-refractivity contribution in [1.29, 1.82) is 0 Å². The van der Waals surface area contributed by atoms with Crippen LogP contribution in [-0.2, 0) is 0 Å². The molecule has 1 aliphatic heterocycles. The molecule has 2 N–H and O–H groups in total. The molecular formula is C16H24N2O. The smallest absolute Gasteiger partial charge is 0.253 e. The Morgan fingerprint density at radius 3 is 2.95 bits per heavy atom. The van der Waals surface area contributed by atoms with Gasteiger partial charge in [0.05, 0.1) is 0 Å². The van der Waals surface area contributed by atoms with Crippen LogP contribution in [0.5, 0.6) is 0 Å². The Morgan fingerprint density at radius 1 is 1.37 bits per heavy atom. The van der Waals surface area contributed by atoms with Gasteiger partial charge < -0.3 is 10.6 Å².